The first-order chi connectivity index (χ1) is 10.9. The normalized spacial score (nSPS) is 31.2. The van der Waals surface area contributed by atoms with Crippen molar-refractivity contribution in [2.45, 2.75) is 30.7 Å². The molecule has 1 aromatic rings. The molecule has 0 amide bonds. The molecule has 8 heteroatoms. The van der Waals surface area contributed by atoms with Crippen LogP contribution in [0.25, 0.3) is 6.08 Å². The van der Waals surface area contributed by atoms with Gasteiger partial charge in [0.05, 0.1) is 6.61 Å². The first kappa shape index (κ1) is 17.4. The highest BCUT2D eigenvalue weighted by Crippen LogP contribution is 2.25. The number of carbonyl (C=O) groups is 1. The molecule has 5 N–H and O–H groups in total. The third-order valence-electron chi connectivity index (χ3n) is 3.41. The van der Waals surface area contributed by atoms with Crippen LogP contribution in [0, 0.1) is 0 Å². The Bertz CT molecular complexity index is 553. The minimum absolute atomic E-state index is 0.326. The van der Waals surface area contributed by atoms with Crippen molar-refractivity contribution >= 4 is 12.0 Å². The predicted molar refractivity (Wildman–Crippen MR) is 77.5 cm³/mol. The number of aliphatic hydroxyl groups excluding tert-OH is 4. The number of carboxylic acid groups (broad SMARTS) is 1. The molecule has 0 radical (unpaired) electrons. The van der Waals surface area contributed by atoms with Crippen LogP contribution in [0.2, 0.25) is 0 Å². The van der Waals surface area contributed by atoms with Crippen LogP contribution in [0.3, 0.4) is 0 Å². The maximum Gasteiger partial charge on any atom is 0.328 e. The molecule has 0 saturated carbocycles. The average molecular weight is 326 g/mol. The summed E-state index contributed by atoms with van der Waals surface area (Å²) in [6, 6.07) is 6.29. The number of hydrogen-bond acceptors (Lipinski definition) is 7. The van der Waals surface area contributed by atoms with Crippen LogP contribution in [0.1, 0.15) is 5.56 Å². The lowest BCUT2D eigenvalue weighted by Crippen LogP contribution is -2.60. The molecule has 1 aromatic carbocycles. The van der Waals surface area contributed by atoms with Crippen molar-refractivity contribution in [1.82, 2.24) is 0 Å². The summed E-state index contributed by atoms with van der Waals surface area (Å²) in [4.78, 5) is 10.4. The van der Waals surface area contributed by atoms with Crippen molar-refractivity contribution in [2.75, 3.05) is 6.61 Å². The Hall–Kier alpha value is -1.97. The molecule has 5 atom stereocenters. The zero-order valence-corrected chi connectivity index (χ0v) is 12.0. The van der Waals surface area contributed by atoms with Gasteiger partial charge < -0.3 is 35.0 Å². The van der Waals surface area contributed by atoms with E-state index in [9.17, 15) is 25.2 Å². The molecular formula is C15H18O8. The summed E-state index contributed by atoms with van der Waals surface area (Å²) in [5.74, 6) is -0.738. The second-order valence-electron chi connectivity index (χ2n) is 5.05. The number of aliphatic hydroxyl groups is 4. The van der Waals surface area contributed by atoms with Crippen LogP contribution < -0.4 is 4.74 Å². The minimum Gasteiger partial charge on any atom is -0.485 e. The number of ether oxygens (including phenoxy) is 2. The minimum atomic E-state index is -1.61. The molecule has 1 aliphatic rings. The van der Waals surface area contributed by atoms with Gasteiger partial charge in [0.25, 0.3) is 0 Å². The predicted octanol–water partition coefficient (Wildman–Crippen LogP) is -1.04. The van der Waals surface area contributed by atoms with Gasteiger partial charge in [-0.2, -0.15) is 0 Å². The van der Waals surface area contributed by atoms with E-state index in [1.54, 1.807) is 24.3 Å². The lowest BCUT2D eigenvalue weighted by molar-refractivity contribution is -0.282. The molecule has 2 rings (SSSR count). The summed E-state index contributed by atoms with van der Waals surface area (Å²) < 4.78 is 10.5. The lowest BCUT2D eigenvalue weighted by Gasteiger charge is -2.40. The fraction of sp³-hybridized carbons (Fsp3) is 0.400. The molecular weight excluding hydrogens is 308 g/mol. The van der Waals surface area contributed by atoms with E-state index in [0.29, 0.717) is 11.3 Å². The van der Waals surface area contributed by atoms with Crippen molar-refractivity contribution in [2.24, 2.45) is 0 Å². The molecule has 0 aliphatic carbocycles. The number of rotatable bonds is 5. The summed E-state index contributed by atoms with van der Waals surface area (Å²) in [5.41, 5.74) is 0.634. The largest absolute Gasteiger partial charge is 0.485 e. The lowest BCUT2D eigenvalue weighted by atomic mass is 9.99. The summed E-state index contributed by atoms with van der Waals surface area (Å²) in [6.45, 7) is -0.509. The topological polar surface area (TPSA) is 137 Å². The Labute approximate surface area is 131 Å². The van der Waals surface area contributed by atoms with Crippen LogP contribution >= 0.6 is 0 Å². The average Bonchev–Trinajstić information content (AvgIpc) is 2.54. The summed E-state index contributed by atoms with van der Waals surface area (Å²) in [7, 11) is 0. The Morgan fingerprint density at radius 1 is 1.17 bits per heavy atom. The third kappa shape index (κ3) is 4.27. The molecule has 8 nitrogen and oxygen atoms in total. The Morgan fingerprint density at radius 3 is 2.39 bits per heavy atom. The quantitative estimate of drug-likeness (QED) is 0.433. The van der Waals surface area contributed by atoms with E-state index in [0.717, 1.165) is 6.08 Å². The van der Waals surface area contributed by atoms with Crippen molar-refractivity contribution < 1.29 is 39.8 Å². The van der Waals surface area contributed by atoms with Crippen molar-refractivity contribution in [3.8, 4) is 5.75 Å². The Balaban J connectivity index is 2.09. The van der Waals surface area contributed by atoms with Crippen molar-refractivity contribution in [3.63, 3.8) is 0 Å². The molecule has 1 aliphatic heterocycles. The van der Waals surface area contributed by atoms with Crippen LogP contribution in [0.5, 0.6) is 5.75 Å². The van der Waals surface area contributed by atoms with Gasteiger partial charge in [0.15, 0.2) is 12.4 Å². The van der Waals surface area contributed by atoms with Crippen molar-refractivity contribution in [3.05, 3.63) is 35.9 Å². The highest BCUT2D eigenvalue weighted by atomic mass is 16.7. The zero-order valence-electron chi connectivity index (χ0n) is 12.0. The molecule has 0 unspecified atom stereocenters. The van der Waals surface area contributed by atoms with Crippen molar-refractivity contribution in [1.29, 1.82) is 0 Å². The van der Waals surface area contributed by atoms with Gasteiger partial charge in [-0.05, 0) is 23.8 Å². The number of hydrogen-bond donors (Lipinski definition) is 5. The van der Waals surface area contributed by atoms with Crippen LogP contribution in [0.15, 0.2) is 30.3 Å². The van der Waals surface area contributed by atoms with Crippen LogP contribution in [-0.2, 0) is 9.53 Å². The highest BCUT2D eigenvalue weighted by molar-refractivity contribution is 5.85. The first-order valence-corrected chi connectivity index (χ1v) is 6.90. The second kappa shape index (κ2) is 7.53. The van der Waals surface area contributed by atoms with E-state index in [2.05, 4.69) is 0 Å². The fourth-order valence-electron chi connectivity index (χ4n) is 2.19. The van der Waals surface area contributed by atoms with Gasteiger partial charge in [-0.15, -0.1) is 0 Å². The molecule has 126 valence electrons. The zero-order chi connectivity index (χ0) is 17.0. The summed E-state index contributed by atoms with van der Waals surface area (Å²) >= 11 is 0. The first-order valence-electron chi connectivity index (χ1n) is 6.90. The van der Waals surface area contributed by atoms with E-state index in [1.807, 2.05) is 0 Å². The van der Waals surface area contributed by atoms with Gasteiger partial charge in [0.2, 0.25) is 0 Å². The van der Waals surface area contributed by atoms with Gasteiger partial charge in [-0.25, -0.2) is 4.79 Å². The highest BCUT2D eigenvalue weighted by Gasteiger charge is 2.45. The van der Waals surface area contributed by atoms with E-state index < -0.39 is 43.3 Å². The molecule has 0 aromatic heterocycles. The maximum atomic E-state index is 10.4. The molecule has 0 spiro atoms. The van der Waals surface area contributed by atoms with Gasteiger partial charge in [0.1, 0.15) is 24.1 Å². The van der Waals surface area contributed by atoms with Gasteiger partial charge in [-0.1, -0.05) is 12.1 Å². The van der Waals surface area contributed by atoms with E-state index >= 15 is 0 Å². The van der Waals surface area contributed by atoms with Crippen LogP contribution in [-0.4, -0.2) is 68.8 Å². The standard InChI is InChI=1S/C15H18O8/c16-7-10-14(12(19)13(20)15(21)23-10)22-9-4-1-8(2-5-9)3-6-11(17)18/h1-6,10,12-16,19-21H,7H2,(H,17,18)/t10-,12-,13-,14-,15-/m1/s1. The molecule has 1 heterocycles. The van der Waals surface area contributed by atoms with E-state index in [4.69, 9.17) is 14.6 Å². The number of benzene rings is 1. The molecule has 1 saturated heterocycles. The van der Waals surface area contributed by atoms with E-state index in [1.165, 1.54) is 6.08 Å². The van der Waals surface area contributed by atoms with Gasteiger partial charge in [0, 0.05) is 6.08 Å². The number of aliphatic carboxylic acids is 1. The molecule has 1 fully saturated rings. The van der Waals surface area contributed by atoms with E-state index in [-0.39, 0.29) is 0 Å². The smallest absolute Gasteiger partial charge is 0.328 e. The SMILES string of the molecule is O=C(O)C=Cc1ccc(O[C@H]2[C@H](O)[C@@H](O)[C@H](O)O[C@@H]2CO)cc1. The summed E-state index contributed by atoms with van der Waals surface area (Å²) in [6.07, 6.45) is -4.28. The molecule has 0 bridgehead atoms. The second-order valence-corrected chi connectivity index (χ2v) is 5.05. The van der Waals surface area contributed by atoms with Gasteiger partial charge in [-0.3, -0.25) is 0 Å². The fourth-order valence-corrected chi connectivity index (χ4v) is 2.19. The van der Waals surface area contributed by atoms with Gasteiger partial charge >= 0.3 is 5.97 Å². The Kier molecular flexibility index (Phi) is 5.69. The third-order valence-corrected chi connectivity index (χ3v) is 3.41. The maximum absolute atomic E-state index is 10.4. The molecule has 23 heavy (non-hydrogen) atoms. The number of carboxylic acids is 1. The summed E-state index contributed by atoms with van der Waals surface area (Å²) in [5, 5.41) is 46.8. The Morgan fingerprint density at radius 2 is 1.83 bits per heavy atom. The monoisotopic (exact) mass is 326 g/mol. The van der Waals surface area contributed by atoms with Crippen LogP contribution in [0.4, 0.5) is 0 Å².